The van der Waals surface area contributed by atoms with E-state index >= 15 is 0 Å². The number of hydrogen-bond donors (Lipinski definition) is 3. The summed E-state index contributed by atoms with van der Waals surface area (Å²) in [5, 5.41) is 30.2. The van der Waals surface area contributed by atoms with Crippen LogP contribution >= 0.6 is 0 Å². The number of Topliss-reactive ketones (excluding diaryl/α,β-unsaturated/α-hetero) is 1. The number of ketones is 1. The minimum atomic E-state index is -1.41. The lowest BCUT2D eigenvalue weighted by molar-refractivity contribution is -0.154. The molecule has 4 nitrogen and oxygen atoms in total. The molecule has 0 radical (unpaired) electrons. The molecule has 0 unspecified atom stereocenters. The Morgan fingerprint density at radius 1 is 1.28 bits per heavy atom. The second-order valence-electron chi connectivity index (χ2n) is 8.24. The molecule has 4 heteroatoms. The van der Waals surface area contributed by atoms with Crippen molar-refractivity contribution in [1.29, 1.82) is 0 Å². The summed E-state index contributed by atoms with van der Waals surface area (Å²) in [4.78, 5) is 12.2. The van der Waals surface area contributed by atoms with Gasteiger partial charge in [-0.25, -0.2) is 0 Å². The summed E-state index contributed by atoms with van der Waals surface area (Å²) in [7, 11) is 0. The molecule has 3 fully saturated rings. The van der Waals surface area contributed by atoms with E-state index in [1.54, 1.807) is 0 Å². The number of aliphatic hydroxyl groups is 3. The van der Waals surface area contributed by atoms with Gasteiger partial charge in [-0.15, -0.1) is 0 Å². The maximum absolute atomic E-state index is 12.2. The maximum atomic E-state index is 12.2. The zero-order valence-electron chi connectivity index (χ0n) is 15.1. The fourth-order valence-corrected chi connectivity index (χ4v) is 5.24. The van der Waals surface area contributed by atoms with Crippen LogP contribution in [-0.2, 0) is 4.79 Å². The summed E-state index contributed by atoms with van der Waals surface area (Å²) in [6, 6.07) is 0. The van der Waals surface area contributed by atoms with Crippen molar-refractivity contribution in [3.8, 4) is 0 Å². The van der Waals surface area contributed by atoms with E-state index in [0.29, 0.717) is 12.8 Å². The van der Waals surface area contributed by atoms with Crippen LogP contribution in [-0.4, -0.2) is 39.4 Å². The van der Waals surface area contributed by atoms with Gasteiger partial charge >= 0.3 is 0 Å². The zero-order chi connectivity index (χ0) is 18.2. The van der Waals surface area contributed by atoms with E-state index in [4.69, 9.17) is 0 Å². The molecule has 25 heavy (non-hydrogen) atoms. The molecule has 0 saturated heterocycles. The van der Waals surface area contributed by atoms with Gasteiger partial charge in [0.15, 0.2) is 5.78 Å². The average Bonchev–Trinajstić information content (AvgIpc) is 2.88. The molecular weight excluding hydrogens is 316 g/mol. The molecule has 0 amide bonds. The van der Waals surface area contributed by atoms with Crippen LogP contribution in [0.25, 0.3) is 0 Å². The lowest BCUT2D eigenvalue weighted by atomic mass is 9.60. The van der Waals surface area contributed by atoms with Gasteiger partial charge in [0, 0.05) is 5.41 Å². The summed E-state index contributed by atoms with van der Waals surface area (Å²) in [6.45, 7) is 5.51. The van der Waals surface area contributed by atoms with Crippen LogP contribution in [0.2, 0.25) is 0 Å². The van der Waals surface area contributed by atoms with Crippen molar-refractivity contribution >= 4 is 5.78 Å². The first kappa shape index (κ1) is 18.6. The molecule has 3 N–H and O–H groups in total. The fourth-order valence-electron chi connectivity index (χ4n) is 5.24. The van der Waals surface area contributed by atoms with Crippen molar-refractivity contribution in [1.82, 2.24) is 0 Å². The summed E-state index contributed by atoms with van der Waals surface area (Å²) in [5.41, 5.74) is 1.57. The molecule has 0 spiro atoms. The van der Waals surface area contributed by atoms with Crippen molar-refractivity contribution in [2.75, 3.05) is 6.61 Å². The number of fused-ring (bicyclic) bond motifs is 1. The van der Waals surface area contributed by atoms with Gasteiger partial charge in [-0.1, -0.05) is 36.8 Å². The van der Waals surface area contributed by atoms with Gasteiger partial charge in [0.1, 0.15) is 12.2 Å². The minimum absolute atomic E-state index is 0.167. The number of aliphatic hydroxyl groups excluding tert-OH is 2. The second-order valence-corrected chi connectivity index (χ2v) is 8.24. The van der Waals surface area contributed by atoms with Crippen LogP contribution < -0.4 is 0 Å². The molecule has 0 bridgehead atoms. The Morgan fingerprint density at radius 3 is 2.76 bits per heavy atom. The van der Waals surface area contributed by atoms with Gasteiger partial charge < -0.3 is 15.3 Å². The SMILES string of the molecule is C=C1CC[C@H](O)CC1=C/C=C1\CCC[C@@]2(C)[C@H]1CC[C@@]2(O)C(=O)CO. The molecule has 3 saturated carbocycles. The Labute approximate surface area is 149 Å². The molecule has 0 aliphatic heterocycles. The lowest BCUT2D eigenvalue weighted by Crippen LogP contribution is -2.53. The Bertz CT molecular complexity index is 632. The predicted molar refractivity (Wildman–Crippen MR) is 96.9 cm³/mol. The third-order valence-corrected chi connectivity index (χ3v) is 6.91. The van der Waals surface area contributed by atoms with Gasteiger partial charge in [0.05, 0.1) is 6.10 Å². The number of hydrogen-bond acceptors (Lipinski definition) is 4. The zero-order valence-corrected chi connectivity index (χ0v) is 15.1. The number of rotatable bonds is 3. The molecule has 3 aliphatic rings. The van der Waals surface area contributed by atoms with Crippen molar-refractivity contribution in [2.45, 2.75) is 70.0 Å². The normalized spacial score (nSPS) is 42.0. The van der Waals surface area contributed by atoms with Crippen molar-refractivity contribution in [3.05, 3.63) is 35.5 Å². The average molecular weight is 346 g/mol. The van der Waals surface area contributed by atoms with Crippen LogP contribution in [0.5, 0.6) is 0 Å². The monoisotopic (exact) mass is 346 g/mol. The summed E-state index contributed by atoms with van der Waals surface area (Å²) in [6.07, 6.45) is 10.1. The van der Waals surface area contributed by atoms with Crippen LogP contribution in [0.4, 0.5) is 0 Å². The largest absolute Gasteiger partial charge is 0.393 e. The molecule has 3 aliphatic carbocycles. The summed E-state index contributed by atoms with van der Waals surface area (Å²) < 4.78 is 0. The van der Waals surface area contributed by atoms with Gasteiger partial charge in [-0.05, 0) is 62.9 Å². The van der Waals surface area contributed by atoms with Gasteiger partial charge in [-0.2, -0.15) is 0 Å². The lowest BCUT2D eigenvalue weighted by Gasteiger charge is -2.45. The summed E-state index contributed by atoms with van der Waals surface area (Å²) >= 11 is 0. The van der Waals surface area contributed by atoms with E-state index in [9.17, 15) is 20.1 Å². The first-order chi connectivity index (χ1) is 11.8. The van der Waals surface area contributed by atoms with Gasteiger partial charge in [0.2, 0.25) is 0 Å². The quantitative estimate of drug-likeness (QED) is 0.734. The molecular formula is C21H30O4. The van der Waals surface area contributed by atoms with Crippen LogP contribution in [0.15, 0.2) is 35.5 Å². The van der Waals surface area contributed by atoms with Gasteiger partial charge in [-0.3, -0.25) is 4.79 Å². The third kappa shape index (κ3) is 3.05. The van der Waals surface area contributed by atoms with E-state index in [0.717, 1.165) is 49.7 Å². The maximum Gasteiger partial charge on any atom is 0.190 e. The minimum Gasteiger partial charge on any atom is -0.393 e. The predicted octanol–water partition coefficient (Wildman–Crippen LogP) is 2.83. The first-order valence-electron chi connectivity index (χ1n) is 9.44. The van der Waals surface area contributed by atoms with Crippen molar-refractivity contribution in [3.63, 3.8) is 0 Å². The Balaban J connectivity index is 1.87. The number of carbonyl (C=O) groups is 1. The Morgan fingerprint density at radius 2 is 2.04 bits per heavy atom. The Hall–Kier alpha value is -1.23. The molecule has 0 aromatic carbocycles. The topological polar surface area (TPSA) is 77.8 Å². The van der Waals surface area contributed by atoms with Gasteiger partial charge in [0.25, 0.3) is 0 Å². The molecule has 0 aromatic rings. The molecule has 0 aromatic heterocycles. The number of allylic oxidation sites excluding steroid dienone is 4. The fraction of sp³-hybridized carbons (Fsp3) is 0.667. The van der Waals surface area contributed by atoms with E-state index in [1.165, 1.54) is 5.57 Å². The van der Waals surface area contributed by atoms with Crippen LogP contribution in [0, 0.1) is 11.3 Å². The highest BCUT2D eigenvalue weighted by Crippen LogP contribution is 2.59. The highest BCUT2D eigenvalue weighted by Gasteiger charge is 2.61. The molecule has 4 atom stereocenters. The highest BCUT2D eigenvalue weighted by molar-refractivity contribution is 5.89. The highest BCUT2D eigenvalue weighted by atomic mass is 16.3. The van der Waals surface area contributed by atoms with Crippen molar-refractivity contribution < 1.29 is 20.1 Å². The van der Waals surface area contributed by atoms with Crippen molar-refractivity contribution in [2.24, 2.45) is 11.3 Å². The van der Waals surface area contributed by atoms with E-state index < -0.39 is 23.4 Å². The van der Waals surface area contributed by atoms with E-state index in [1.807, 2.05) is 6.92 Å². The first-order valence-corrected chi connectivity index (χ1v) is 9.44. The second kappa shape index (κ2) is 6.82. The molecule has 3 rings (SSSR count). The van der Waals surface area contributed by atoms with Crippen LogP contribution in [0.1, 0.15) is 58.3 Å². The van der Waals surface area contributed by atoms with Crippen LogP contribution in [0.3, 0.4) is 0 Å². The molecule has 138 valence electrons. The smallest absolute Gasteiger partial charge is 0.190 e. The van der Waals surface area contributed by atoms with E-state index in [-0.39, 0.29) is 12.0 Å². The Kier molecular flexibility index (Phi) is 5.06. The summed E-state index contributed by atoms with van der Waals surface area (Å²) in [5.74, 6) is -0.277. The van der Waals surface area contributed by atoms with E-state index in [2.05, 4.69) is 18.7 Å². The standard InChI is InChI=1S/C21H30O4/c1-14-5-8-17(23)12-16(14)7-6-15-4-3-10-20(2)18(15)9-11-21(20,25)19(24)13-22/h6-7,17-18,22-23,25H,1,3-5,8-13H2,2H3/b15-6+,16-7?/t17-,18-,20-,21+/m0/s1. The third-order valence-electron chi connectivity index (χ3n) is 6.91. The molecule has 0 heterocycles. The number of carbonyl (C=O) groups excluding carboxylic acids is 1.